The van der Waals surface area contributed by atoms with Gasteiger partial charge in [-0.25, -0.2) is 0 Å². The third-order valence-electron chi connectivity index (χ3n) is 5.55. The summed E-state index contributed by atoms with van der Waals surface area (Å²) < 4.78 is 17.1. The quantitative estimate of drug-likeness (QED) is 0.552. The van der Waals surface area contributed by atoms with Crippen LogP contribution in [0, 0.1) is 6.92 Å². The van der Waals surface area contributed by atoms with Gasteiger partial charge in [0.15, 0.2) is 11.5 Å². The van der Waals surface area contributed by atoms with Gasteiger partial charge in [-0.2, -0.15) is 0 Å². The van der Waals surface area contributed by atoms with Gasteiger partial charge in [0.25, 0.3) is 5.22 Å². The van der Waals surface area contributed by atoms with Crippen LogP contribution in [0.2, 0.25) is 0 Å². The van der Waals surface area contributed by atoms with Crippen LogP contribution in [0.1, 0.15) is 30.0 Å². The lowest BCUT2D eigenvalue weighted by Gasteiger charge is -2.26. The number of benzene rings is 2. The number of hydrogen-bond donors (Lipinski definition) is 0. The summed E-state index contributed by atoms with van der Waals surface area (Å²) in [6.45, 7) is 3.89. The normalized spacial score (nSPS) is 17.7. The molecule has 1 atom stereocenters. The lowest BCUT2D eigenvalue weighted by molar-refractivity contribution is -0.129. The van der Waals surface area contributed by atoms with Crippen molar-refractivity contribution in [2.24, 2.45) is 0 Å². The molecule has 0 saturated carbocycles. The van der Waals surface area contributed by atoms with Gasteiger partial charge in [-0.1, -0.05) is 35.5 Å². The highest BCUT2D eigenvalue weighted by atomic mass is 32.2. The molecule has 1 amide bonds. The van der Waals surface area contributed by atoms with E-state index >= 15 is 0 Å². The van der Waals surface area contributed by atoms with Gasteiger partial charge in [0, 0.05) is 12.1 Å². The smallest absolute Gasteiger partial charge is 0.277 e. The van der Waals surface area contributed by atoms with Crippen molar-refractivity contribution >= 4 is 17.7 Å². The molecular weight excluding hydrogens is 414 g/mol. The molecule has 1 aromatic heterocycles. The van der Waals surface area contributed by atoms with Gasteiger partial charge in [-0.05, 0) is 49.6 Å². The molecule has 160 valence electrons. The molecule has 8 heteroatoms. The van der Waals surface area contributed by atoms with Gasteiger partial charge >= 0.3 is 0 Å². The fourth-order valence-electron chi connectivity index (χ4n) is 3.97. The SMILES string of the molecule is Cc1ccc(-c2nnc(SCC(=O)N3CCCC3c3ccc4c(c3)OCCO4)o2)cc1. The Morgan fingerprint density at radius 2 is 1.90 bits per heavy atom. The second-order valence-corrected chi connectivity index (χ2v) is 8.60. The Hall–Kier alpha value is -3.00. The van der Waals surface area contributed by atoms with Gasteiger partial charge < -0.3 is 18.8 Å². The molecule has 3 aromatic rings. The summed E-state index contributed by atoms with van der Waals surface area (Å²) in [5.74, 6) is 2.31. The van der Waals surface area contributed by atoms with Crippen molar-refractivity contribution < 1.29 is 18.7 Å². The number of amides is 1. The minimum absolute atomic E-state index is 0.0507. The van der Waals surface area contributed by atoms with E-state index in [1.807, 2.05) is 54.3 Å². The summed E-state index contributed by atoms with van der Waals surface area (Å²) in [5, 5.41) is 8.59. The molecule has 2 aliphatic heterocycles. The van der Waals surface area contributed by atoms with Crippen molar-refractivity contribution in [1.29, 1.82) is 0 Å². The topological polar surface area (TPSA) is 77.7 Å². The summed E-state index contributed by atoms with van der Waals surface area (Å²) >= 11 is 1.28. The number of thioether (sulfide) groups is 1. The maximum Gasteiger partial charge on any atom is 0.277 e. The summed E-state index contributed by atoms with van der Waals surface area (Å²) in [6.07, 6.45) is 1.92. The van der Waals surface area contributed by atoms with Gasteiger partial charge in [-0.15, -0.1) is 10.2 Å². The van der Waals surface area contributed by atoms with Crippen molar-refractivity contribution in [3.63, 3.8) is 0 Å². The van der Waals surface area contributed by atoms with Crippen LogP contribution in [-0.4, -0.2) is 46.5 Å². The van der Waals surface area contributed by atoms with E-state index in [9.17, 15) is 4.79 Å². The zero-order valence-electron chi connectivity index (χ0n) is 17.2. The standard InChI is InChI=1S/C23H23N3O4S/c1-15-4-6-16(7-5-15)22-24-25-23(30-22)31-14-21(27)26-10-2-3-18(26)17-8-9-19-20(13-17)29-12-11-28-19/h4-9,13,18H,2-3,10-12,14H2,1H3. The Balaban J connectivity index is 1.23. The highest BCUT2D eigenvalue weighted by Crippen LogP contribution is 2.38. The number of carbonyl (C=O) groups is 1. The molecule has 5 rings (SSSR count). The molecular formula is C23H23N3O4S. The molecule has 3 heterocycles. The van der Waals surface area contributed by atoms with E-state index in [0.29, 0.717) is 24.3 Å². The summed E-state index contributed by atoms with van der Waals surface area (Å²) in [6, 6.07) is 13.9. The zero-order chi connectivity index (χ0) is 21.2. The van der Waals surface area contributed by atoms with Crippen molar-refractivity contribution in [3.05, 3.63) is 53.6 Å². The number of nitrogens with zero attached hydrogens (tertiary/aromatic N) is 3. The van der Waals surface area contributed by atoms with Gasteiger partial charge in [0.05, 0.1) is 11.8 Å². The number of fused-ring (bicyclic) bond motifs is 1. The number of rotatable bonds is 5. The van der Waals surface area contributed by atoms with Gasteiger partial charge in [-0.3, -0.25) is 4.79 Å². The Bertz CT molecular complexity index is 1080. The average molecular weight is 438 g/mol. The Morgan fingerprint density at radius 1 is 1.10 bits per heavy atom. The first kappa shape index (κ1) is 19.9. The monoisotopic (exact) mass is 437 g/mol. The molecule has 31 heavy (non-hydrogen) atoms. The summed E-state index contributed by atoms with van der Waals surface area (Å²) in [7, 11) is 0. The van der Waals surface area contributed by atoms with Crippen LogP contribution >= 0.6 is 11.8 Å². The molecule has 1 unspecified atom stereocenters. The van der Waals surface area contributed by atoms with Gasteiger partial charge in [0.2, 0.25) is 11.8 Å². The molecule has 2 aliphatic rings. The molecule has 0 spiro atoms. The second kappa shape index (κ2) is 8.63. The first-order valence-electron chi connectivity index (χ1n) is 10.4. The lowest BCUT2D eigenvalue weighted by atomic mass is 10.0. The highest BCUT2D eigenvalue weighted by molar-refractivity contribution is 7.99. The predicted octanol–water partition coefficient (Wildman–Crippen LogP) is 4.27. The van der Waals surface area contributed by atoms with Crippen LogP contribution in [0.3, 0.4) is 0 Å². The second-order valence-electron chi connectivity index (χ2n) is 7.68. The number of likely N-dealkylation sites (tertiary alicyclic amines) is 1. The molecule has 0 aliphatic carbocycles. The Kier molecular flexibility index (Phi) is 5.55. The minimum Gasteiger partial charge on any atom is -0.486 e. The van der Waals surface area contributed by atoms with Crippen molar-refractivity contribution in [1.82, 2.24) is 15.1 Å². The zero-order valence-corrected chi connectivity index (χ0v) is 18.1. The number of carbonyl (C=O) groups excluding carboxylic acids is 1. The fourth-order valence-corrected chi connectivity index (χ4v) is 4.62. The largest absolute Gasteiger partial charge is 0.486 e. The number of aromatic nitrogens is 2. The van der Waals surface area contributed by atoms with E-state index in [0.717, 1.165) is 42.0 Å². The molecule has 1 fully saturated rings. The van der Waals surface area contributed by atoms with E-state index in [1.54, 1.807) is 0 Å². The van der Waals surface area contributed by atoms with Crippen LogP contribution in [0.15, 0.2) is 52.1 Å². The number of aryl methyl sites for hydroxylation is 1. The first-order chi connectivity index (χ1) is 15.2. The molecule has 0 N–H and O–H groups in total. The number of hydrogen-bond acceptors (Lipinski definition) is 7. The van der Waals surface area contributed by atoms with Gasteiger partial charge in [0.1, 0.15) is 13.2 Å². The maximum atomic E-state index is 13.0. The van der Waals surface area contributed by atoms with Crippen molar-refractivity contribution in [2.75, 3.05) is 25.5 Å². The maximum absolute atomic E-state index is 13.0. The Labute approximate surface area is 184 Å². The minimum atomic E-state index is 0.0507. The van der Waals surface area contributed by atoms with E-state index in [1.165, 1.54) is 17.3 Å². The molecule has 0 radical (unpaired) electrons. The van der Waals surface area contributed by atoms with Crippen LogP contribution in [-0.2, 0) is 4.79 Å². The van der Waals surface area contributed by atoms with Crippen LogP contribution in [0.4, 0.5) is 0 Å². The van der Waals surface area contributed by atoms with E-state index < -0.39 is 0 Å². The molecule has 2 aromatic carbocycles. The first-order valence-corrected chi connectivity index (χ1v) is 11.4. The third kappa shape index (κ3) is 4.25. The number of ether oxygens (including phenoxy) is 2. The van der Waals surface area contributed by atoms with Crippen LogP contribution in [0.25, 0.3) is 11.5 Å². The summed E-state index contributed by atoms with van der Waals surface area (Å²) in [4.78, 5) is 14.9. The van der Waals surface area contributed by atoms with Crippen LogP contribution in [0.5, 0.6) is 11.5 Å². The van der Waals surface area contributed by atoms with Crippen molar-refractivity contribution in [3.8, 4) is 23.0 Å². The lowest BCUT2D eigenvalue weighted by Crippen LogP contribution is -2.32. The average Bonchev–Trinajstić information content (AvgIpc) is 3.48. The van der Waals surface area contributed by atoms with Crippen LogP contribution < -0.4 is 9.47 Å². The van der Waals surface area contributed by atoms with E-state index in [-0.39, 0.29) is 17.7 Å². The predicted molar refractivity (Wildman–Crippen MR) is 116 cm³/mol. The van der Waals surface area contributed by atoms with E-state index in [2.05, 4.69) is 10.2 Å². The third-order valence-corrected chi connectivity index (χ3v) is 6.35. The highest BCUT2D eigenvalue weighted by Gasteiger charge is 2.31. The molecule has 1 saturated heterocycles. The molecule has 0 bridgehead atoms. The van der Waals surface area contributed by atoms with E-state index in [4.69, 9.17) is 13.9 Å². The molecule has 7 nitrogen and oxygen atoms in total. The van der Waals surface area contributed by atoms with Crippen molar-refractivity contribution in [2.45, 2.75) is 31.0 Å². The summed E-state index contributed by atoms with van der Waals surface area (Å²) in [5.41, 5.74) is 3.12. The fraction of sp³-hybridized carbons (Fsp3) is 0.348. The Morgan fingerprint density at radius 3 is 2.74 bits per heavy atom.